The second kappa shape index (κ2) is 12.1. The SMILES string of the molecule is Cc1ccc2c3ccccc3c3ccc(-c4cccc(-c5nc6cc(-c7nc(-c8ccccc8)nc(-c8ccccc8)n7)ccc6o5)c4)cc3c2c1. The Morgan fingerprint density at radius 3 is 1.56 bits per heavy atom. The van der Waals surface area contributed by atoms with Crippen LogP contribution in [0.3, 0.4) is 0 Å². The Bertz CT molecular complexity index is 2910. The van der Waals surface area contributed by atoms with E-state index in [-0.39, 0.29) is 0 Å². The number of hydrogen-bond acceptors (Lipinski definition) is 5. The summed E-state index contributed by atoms with van der Waals surface area (Å²) < 4.78 is 6.35. The molecule has 2 heterocycles. The summed E-state index contributed by atoms with van der Waals surface area (Å²) in [6.45, 7) is 2.16. The Morgan fingerprint density at radius 1 is 0.346 bits per heavy atom. The van der Waals surface area contributed by atoms with Crippen molar-refractivity contribution in [2.45, 2.75) is 6.92 Å². The summed E-state index contributed by atoms with van der Waals surface area (Å²) in [7, 11) is 0. The van der Waals surface area contributed by atoms with Crippen LogP contribution in [-0.4, -0.2) is 19.9 Å². The fraction of sp³-hybridized carbons (Fsp3) is 0.0213. The van der Waals surface area contributed by atoms with Crippen LogP contribution in [0.2, 0.25) is 0 Å². The largest absolute Gasteiger partial charge is 0.436 e. The molecule has 0 radical (unpaired) electrons. The van der Waals surface area contributed by atoms with E-state index in [2.05, 4.69) is 85.8 Å². The van der Waals surface area contributed by atoms with Crippen molar-refractivity contribution in [3.63, 3.8) is 0 Å². The maximum Gasteiger partial charge on any atom is 0.227 e. The minimum Gasteiger partial charge on any atom is -0.436 e. The van der Waals surface area contributed by atoms with Gasteiger partial charge in [0.25, 0.3) is 0 Å². The maximum absolute atomic E-state index is 6.35. The highest BCUT2D eigenvalue weighted by Crippen LogP contribution is 2.38. The molecule has 0 aliphatic heterocycles. The predicted octanol–water partition coefficient (Wildman–Crippen LogP) is 12.1. The molecule has 5 nitrogen and oxygen atoms in total. The highest BCUT2D eigenvalue weighted by Gasteiger charge is 2.16. The van der Waals surface area contributed by atoms with E-state index in [9.17, 15) is 0 Å². The van der Waals surface area contributed by atoms with Crippen LogP contribution in [0.4, 0.5) is 0 Å². The standard InChI is InChI=1S/C47H30N4O/c1-29-19-22-38-36-17-8-9-18-37(36)39-23-20-33(27-41(39)40(38)25-29)32-15-10-16-35(26-32)47-48-42-28-34(21-24-43(42)52-47)46-50-44(30-11-4-2-5-12-30)49-45(51-46)31-13-6-3-7-14-31/h2-28H,1H3. The first kappa shape index (κ1) is 29.9. The summed E-state index contributed by atoms with van der Waals surface area (Å²) in [6, 6.07) is 56.6. The van der Waals surface area contributed by atoms with Gasteiger partial charge in [0.2, 0.25) is 5.89 Å². The molecule has 2 aromatic heterocycles. The molecule has 0 atom stereocenters. The van der Waals surface area contributed by atoms with Crippen molar-refractivity contribution in [2.24, 2.45) is 0 Å². The number of oxazole rings is 1. The van der Waals surface area contributed by atoms with Gasteiger partial charge in [-0.1, -0.05) is 133 Å². The van der Waals surface area contributed by atoms with Gasteiger partial charge in [-0.15, -0.1) is 0 Å². The van der Waals surface area contributed by atoms with Gasteiger partial charge < -0.3 is 4.42 Å². The van der Waals surface area contributed by atoms with Crippen LogP contribution in [0.5, 0.6) is 0 Å². The van der Waals surface area contributed by atoms with Crippen LogP contribution in [0, 0.1) is 6.92 Å². The number of rotatable bonds is 5. The van der Waals surface area contributed by atoms with E-state index in [1.165, 1.54) is 37.9 Å². The Hall–Kier alpha value is -6.98. The third-order valence-electron chi connectivity index (χ3n) is 9.78. The molecule has 0 N–H and O–H groups in total. The van der Waals surface area contributed by atoms with Gasteiger partial charge in [-0.2, -0.15) is 0 Å². The first-order chi connectivity index (χ1) is 25.6. The summed E-state index contributed by atoms with van der Waals surface area (Å²) >= 11 is 0. The van der Waals surface area contributed by atoms with Crippen molar-refractivity contribution in [1.82, 2.24) is 19.9 Å². The third kappa shape index (κ3) is 5.19. The molecule has 10 aromatic rings. The van der Waals surface area contributed by atoms with Crippen LogP contribution in [0.1, 0.15) is 5.56 Å². The number of aromatic nitrogens is 4. The lowest BCUT2D eigenvalue weighted by Crippen LogP contribution is -2.00. The third-order valence-corrected chi connectivity index (χ3v) is 9.78. The van der Waals surface area contributed by atoms with Gasteiger partial charge in [0, 0.05) is 22.3 Å². The molecule has 5 heteroatoms. The molecule has 244 valence electrons. The minimum atomic E-state index is 0.562. The van der Waals surface area contributed by atoms with E-state index < -0.39 is 0 Å². The van der Waals surface area contributed by atoms with Gasteiger partial charge in [0.15, 0.2) is 23.1 Å². The van der Waals surface area contributed by atoms with Crippen molar-refractivity contribution in [1.29, 1.82) is 0 Å². The maximum atomic E-state index is 6.35. The Morgan fingerprint density at radius 2 is 0.865 bits per heavy atom. The minimum absolute atomic E-state index is 0.562. The zero-order valence-electron chi connectivity index (χ0n) is 28.3. The Labute approximate surface area is 299 Å². The molecular weight excluding hydrogens is 637 g/mol. The quantitative estimate of drug-likeness (QED) is 0.171. The summed E-state index contributed by atoms with van der Waals surface area (Å²) in [5, 5.41) is 7.60. The van der Waals surface area contributed by atoms with Crippen molar-refractivity contribution < 1.29 is 4.42 Å². The molecule has 0 unspecified atom stereocenters. The number of fused-ring (bicyclic) bond motifs is 7. The number of aryl methyl sites for hydroxylation is 1. The molecule has 0 aliphatic carbocycles. The topological polar surface area (TPSA) is 64.7 Å². The molecule has 10 rings (SSSR count). The van der Waals surface area contributed by atoms with E-state index in [1.807, 2.05) is 84.9 Å². The van der Waals surface area contributed by atoms with Crippen LogP contribution < -0.4 is 0 Å². The summed E-state index contributed by atoms with van der Waals surface area (Å²) in [5.41, 5.74) is 8.53. The lowest BCUT2D eigenvalue weighted by atomic mass is 9.91. The van der Waals surface area contributed by atoms with Crippen molar-refractivity contribution >= 4 is 43.4 Å². The molecular formula is C47H30N4O. The zero-order chi connectivity index (χ0) is 34.6. The number of hydrogen-bond donors (Lipinski definition) is 0. The monoisotopic (exact) mass is 666 g/mol. The Balaban J connectivity index is 1.05. The van der Waals surface area contributed by atoms with E-state index in [1.54, 1.807) is 0 Å². The van der Waals surface area contributed by atoms with Crippen molar-refractivity contribution in [2.75, 3.05) is 0 Å². The van der Waals surface area contributed by atoms with Gasteiger partial charge in [0.1, 0.15) is 5.52 Å². The molecule has 0 bridgehead atoms. The molecule has 8 aromatic carbocycles. The van der Waals surface area contributed by atoms with Gasteiger partial charge in [-0.25, -0.2) is 19.9 Å². The second-order valence-electron chi connectivity index (χ2n) is 13.2. The van der Waals surface area contributed by atoms with Gasteiger partial charge >= 0.3 is 0 Å². The lowest BCUT2D eigenvalue weighted by Gasteiger charge is -2.13. The van der Waals surface area contributed by atoms with Crippen LogP contribution in [0.15, 0.2) is 168 Å². The summed E-state index contributed by atoms with van der Waals surface area (Å²) in [5.74, 6) is 2.37. The average Bonchev–Trinajstić information content (AvgIpc) is 3.65. The van der Waals surface area contributed by atoms with Crippen molar-refractivity contribution in [3.8, 4) is 56.7 Å². The number of nitrogens with zero attached hydrogens (tertiary/aromatic N) is 4. The first-order valence-electron chi connectivity index (χ1n) is 17.4. The Kier molecular flexibility index (Phi) is 6.96. The second-order valence-corrected chi connectivity index (χ2v) is 13.2. The normalized spacial score (nSPS) is 11.6. The smallest absolute Gasteiger partial charge is 0.227 e. The fourth-order valence-corrected chi connectivity index (χ4v) is 7.21. The van der Waals surface area contributed by atoms with Crippen LogP contribution >= 0.6 is 0 Å². The van der Waals surface area contributed by atoms with E-state index in [0.717, 1.165) is 38.9 Å². The zero-order valence-corrected chi connectivity index (χ0v) is 28.3. The van der Waals surface area contributed by atoms with Gasteiger partial charge in [-0.05, 0) is 86.8 Å². The molecule has 0 amide bonds. The predicted molar refractivity (Wildman–Crippen MR) is 212 cm³/mol. The van der Waals surface area contributed by atoms with Crippen LogP contribution in [0.25, 0.3) is 100 Å². The van der Waals surface area contributed by atoms with E-state index >= 15 is 0 Å². The summed E-state index contributed by atoms with van der Waals surface area (Å²) in [6.07, 6.45) is 0. The van der Waals surface area contributed by atoms with Gasteiger partial charge in [-0.3, -0.25) is 0 Å². The molecule has 0 spiro atoms. The average molecular weight is 667 g/mol. The van der Waals surface area contributed by atoms with E-state index in [4.69, 9.17) is 24.4 Å². The highest BCUT2D eigenvalue weighted by molar-refractivity contribution is 6.25. The van der Waals surface area contributed by atoms with E-state index in [0.29, 0.717) is 28.9 Å². The lowest BCUT2D eigenvalue weighted by molar-refractivity contribution is 0.620. The van der Waals surface area contributed by atoms with Crippen LogP contribution in [-0.2, 0) is 0 Å². The molecule has 0 saturated heterocycles. The first-order valence-corrected chi connectivity index (χ1v) is 17.4. The molecule has 0 fully saturated rings. The fourth-order valence-electron chi connectivity index (χ4n) is 7.21. The molecule has 0 saturated carbocycles. The molecule has 0 aliphatic rings. The highest BCUT2D eigenvalue weighted by atomic mass is 16.3. The van der Waals surface area contributed by atoms with Gasteiger partial charge in [0.05, 0.1) is 0 Å². The molecule has 52 heavy (non-hydrogen) atoms. The number of benzene rings is 8. The van der Waals surface area contributed by atoms with Crippen molar-refractivity contribution in [3.05, 3.63) is 169 Å². The summed E-state index contributed by atoms with van der Waals surface area (Å²) in [4.78, 5) is 19.6.